The van der Waals surface area contributed by atoms with Crippen LogP contribution in [0.4, 0.5) is 0 Å². The standard InChI is InChI=1S/C25H36N2O13S/c1-7-16-19(33)21(18(27-11(2)28)25(39-16)41-9-8-26)40-24-23(37-15(6)32)22(36-14(5)31)20(35-13(4)30)17(38-24)10-34-12(3)29/h16-25,33H,7,9-10H2,1-6H3,(H,27,28)/t16?,17-,18?,19+,20-,21+,22?,23?,24-,25-/m0/s1. The zero-order chi connectivity index (χ0) is 30.9. The van der Waals surface area contributed by atoms with Crippen LogP contribution < -0.4 is 5.32 Å². The van der Waals surface area contributed by atoms with Crippen molar-refractivity contribution in [2.24, 2.45) is 0 Å². The molecule has 0 aliphatic carbocycles. The molecule has 2 aliphatic heterocycles. The van der Waals surface area contributed by atoms with Crippen molar-refractivity contribution in [1.29, 1.82) is 5.26 Å². The summed E-state index contributed by atoms with van der Waals surface area (Å²) in [6, 6.07) is 0.967. The lowest BCUT2D eigenvalue weighted by Crippen LogP contribution is -2.67. The lowest BCUT2D eigenvalue weighted by molar-refractivity contribution is -0.332. The maximum atomic E-state index is 12.1. The van der Waals surface area contributed by atoms with Gasteiger partial charge in [0.05, 0.1) is 24.0 Å². The average Bonchev–Trinajstić information content (AvgIpc) is 2.86. The summed E-state index contributed by atoms with van der Waals surface area (Å²) in [6.45, 7) is 6.93. The molecule has 0 saturated carbocycles. The number of esters is 4. The molecule has 0 spiro atoms. The van der Waals surface area contributed by atoms with E-state index in [9.17, 15) is 29.1 Å². The summed E-state index contributed by atoms with van der Waals surface area (Å²) in [6.07, 6.45) is -10.3. The molecule has 15 nitrogen and oxygen atoms in total. The summed E-state index contributed by atoms with van der Waals surface area (Å²) in [5, 5.41) is 23.0. The number of carbonyl (C=O) groups excluding carboxylic acids is 5. The fourth-order valence-corrected chi connectivity index (χ4v) is 5.41. The molecule has 4 unspecified atom stereocenters. The van der Waals surface area contributed by atoms with Gasteiger partial charge in [0.15, 0.2) is 24.6 Å². The number of thioether (sulfide) groups is 1. The van der Waals surface area contributed by atoms with Crippen molar-refractivity contribution in [3.05, 3.63) is 0 Å². The van der Waals surface area contributed by atoms with Crippen LogP contribution in [0, 0.1) is 11.3 Å². The van der Waals surface area contributed by atoms with Crippen LogP contribution in [0.3, 0.4) is 0 Å². The summed E-state index contributed by atoms with van der Waals surface area (Å²) in [4.78, 5) is 59.9. The second kappa shape index (κ2) is 15.9. The number of carbonyl (C=O) groups is 5. The topological polar surface area (TPSA) is 206 Å². The summed E-state index contributed by atoms with van der Waals surface area (Å²) >= 11 is 1.07. The molecular formula is C25H36N2O13S. The molecular weight excluding hydrogens is 568 g/mol. The molecule has 2 N–H and O–H groups in total. The van der Waals surface area contributed by atoms with Crippen LogP contribution in [-0.2, 0) is 57.1 Å². The number of nitriles is 1. The molecule has 0 aromatic rings. The van der Waals surface area contributed by atoms with Crippen LogP contribution in [0.1, 0.15) is 48.0 Å². The summed E-state index contributed by atoms with van der Waals surface area (Å²) < 4.78 is 39.4. The number of aliphatic hydroxyl groups is 1. The maximum absolute atomic E-state index is 12.1. The van der Waals surface area contributed by atoms with Gasteiger partial charge in [0, 0.05) is 34.6 Å². The predicted molar refractivity (Wildman–Crippen MR) is 137 cm³/mol. The predicted octanol–water partition coefficient (Wildman–Crippen LogP) is -0.288. The minimum atomic E-state index is -1.59. The number of rotatable bonds is 11. The first kappa shape index (κ1) is 34.2. The number of amides is 1. The van der Waals surface area contributed by atoms with Gasteiger partial charge in [-0.3, -0.25) is 24.0 Å². The molecule has 1 amide bonds. The molecule has 0 aromatic heterocycles. The molecule has 41 heavy (non-hydrogen) atoms. The van der Waals surface area contributed by atoms with E-state index in [0.29, 0.717) is 6.42 Å². The van der Waals surface area contributed by atoms with Crippen molar-refractivity contribution in [2.45, 2.75) is 108 Å². The Morgan fingerprint density at radius 1 is 0.854 bits per heavy atom. The number of hydrogen-bond donors (Lipinski definition) is 2. The lowest BCUT2D eigenvalue weighted by atomic mass is 9.94. The molecule has 230 valence electrons. The smallest absolute Gasteiger partial charge is 0.303 e. The molecule has 0 bridgehead atoms. The van der Waals surface area contributed by atoms with E-state index in [1.807, 2.05) is 6.07 Å². The zero-order valence-corrected chi connectivity index (χ0v) is 24.4. The van der Waals surface area contributed by atoms with Crippen LogP contribution in [0.25, 0.3) is 0 Å². The normalized spacial score (nSPS) is 33.0. The van der Waals surface area contributed by atoms with Crippen molar-refractivity contribution in [2.75, 3.05) is 12.4 Å². The van der Waals surface area contributed by atoms with E-state index in [2.05, 4.69) is 5.32 Å². The fourth-order valence-electron chi connectivity index (χ4n) is 4.52. The molecule has 2 rings (SSSR count). The van der Waals surface area contributed by atoms with E-state index in [4.69, 9.17) is 38.4 Å². The molecule has 0 radical (unpaired) electrons. The number of nitrogens with zero attached hydrogens (tertiary/aromatic N) is 1. The van der Waals surface area contributed by atoms with Crippen LogP contribution >= 0.6 is 11.8 Å². The van der Waals surface area contributed by atoms with Gasteiger partial charge in [-0.05, 0) is 6.42 Å². The Labute approximate surface area is 241 Å². The SMILES string of the molecule is CCC1O[C@@H](SCC#N)C(NC(C)=O)[C@@H](O[C@@H]2O[C@@H](COC(C)=O)[C@H](OC(C)=O)C(OC(C)=O)C2OC(C)=O)[C@@H]1O. The number of hydrogen-bond acceptors (Lipinski definition) is 15. The van der Waals surface area contributed by atoms with E-state index in [-0.39, 0.29) is 5.75 Å². The van der Waals surface area contributed by atoms with Crippen molar-refractivity contribution >= 4 is 41.5 Å². The van der Waals surface area contributed by atoms with Crippen molar-refractivity contribution in [3.8, 4) is 6.07 Å². The van der Waals surface area contributed by atoms with Gasteiger partial charge in [0.25, 0.3) is 0 Å². The van der Waals surface area contributed by atoms with Gasteiger partial charge in [-0.1, -0.05) is 6.92 Å². The highest BCUT2D eigenvalue weighted by Crippen LogP contribution is 2.36. The van der Waals surface area contributed by atoms with Gasteiger partial charge < -0.3 is 43.6 Å². The molecule has 2 saturated heterocycles. The highest BCUT2D eigenvalue weighted by atomic mass is 32.2. The van der Waals surface area contributed by atoms with Crippen LogP contribution in [0.5, 0.6) is 0 Å². The number of nitrogens with one attached hydrogen (secondary N) is 1. The van der Waals surface area contributed by atoms with Crippen LogP contribution in [0.2, 0.25) is 0 Å². The first-order chi connectivity index (χ1) is 19.3. The number of ether oxygens (including phenoxy) is 7. The summed E-state index contributed by atoms with van der Waals surface area (Å²) in [5.41, 5.74) is -0.831. The van der Waals surface area contributed by atoms with Gasteiger partial charge in [0.2, 0.25) is 5.91 Å². The minimum absolute atomic E-state index is 0.000940. The number of aliphatic hydroxyl groups excluding tert-OH is 1. The Bertz CT molecular complexity index is 1000. The van der Waals surface area contributed by atoms with E-state index in [1.165, 1.54) is 6.92 Å². The molecule has 2 fully saturated rings. The molecule has 10 atom stereocenters. The molecule has 0 aromatic carbocycles. The Morgan fingerprint density at radius 3 is 1.95 bits per heavy atom. The molecule has 2 heterocycles. The van der Waals surface area contributed by atoms with Gasteiger partial charge in [0.1, 0.15) is 30.4 Å². The first-order valence-corrected chi connectivity index (χ1v) is 13.9. The highest BCUT2D eigenvalue weighted by molar-refractivity contribution is 8.00. The zero-order valence-electron chi connectivity index (χ0n) is 23.6. The fraction of sp³-hybridized carbons (Fsp3) is 0.760. The van der Waals surface area contributed by atoms with Gasteiger partial charge in [-0.25, -0.2) is 0 Å². The molecule has 16 heteroatoms. The van der Waals surface area contributed by atoms with E-state index >= 15 is 0 Å². The van der Waals surface area contributed by atoms with E-state index in [1.54, 1.807) is 6.92 Å². The van der Waals surface area contributed by atoms with Gasteiger partial charge in [-0.15, -0.1) is 11.8 Å². The van der Waals surface area contributed by atoms with E-state index in [0.717, 1.165) is 39.5 Å². The Balaban J connectivity index is 2.58. The second-order valence-electron chi connectivity index (χ2n) is 9.31. The van der Waals surface area contributed by atoms with Crippen molar-refractivity contribution in [3.63, 3.8) is 0 Å². The van der Waals surface area contributed by atoms with Crippen LogP contribution in [0.15, 0.2) is 0 Å². The third kappa shape index (κ3) is 9.82. The third-order valence-corrected chi connectivity index (χ3v) is 7.03. The summed E-state index contributed by atoms with van der Waals surface area (Å²) in [5.74, 6) is -3.62. The average molecular weight is 605 g/mol. The highest BCUT2D eigenvalue weighted by Gasteiger charge is 2.55. The Kier molecular flexibility index (Phi) is 13.3. The lowest BCUT2D eigenvalue weighted by Gasteiger charge is -2.48. The monoisotopic (exact) mass is 604 g/mol. The maximum Gasteiger partial charge on any atom is 0.303 e. The Morgan fingerprint density at radius 2 is 1.44 bits per heavy atom. The first-order valence-electron chi connectivity index (χ1n) is 12.8. The van der Waals surface area contributed by atoms with Crippen molar-refractivity contribution < 1.29 is 62.2 Å². The Hall–Kier alpha value is -2.97. The second-order valence-corrected chi connectivity index (χ2v) is 10.4. The largest absolute Gasteiger partial charge is 0.463 e. The minimum Gasteiger partial charge on any atom is -0.463 e. The molecule has 2 aliphatic rings. The third-order valence-electron chi connectivity index (χ3n) is 6.00. The van der Waals surface area contributed by atoms with E-state index < -0.39 is 96.9 Å². The van der Waals surface area contributed by atoms with Crippen molar-refractivity contribution in [1.82, 2.24) is 5.32 Å². The quantitative estimate of drug-likeness (QED) is 0.230. The summed E-state index contributed by atoms with van der Waals surface area (Å²) in [7, 11) is 0. The van der Waals surface area contributed by atoms with Gasteiger partial charge >= 0.3 is 23.9 Å². The van der Waals surface area contributed by atoms with Gasteiger partial charge in [-0.2, -0.15) is 5.26 Å². The van der Waals surface area contributed by atoms with Crippen LogP contribution in [-0.4, -0.2) is 108 Å².